The van der Waals surface area contributed by atoms with Crippen molar-refractivity contribution in [1.29, 1.82) is 0 Å². The van der Waals surface area contributed by atoms with E-state index in [9.17, 15) is 4.79 Å². The molecule has 2 aromatic heterocycles. The lowest BCUT2D eigenvalue weighted by atomic mass is 10.2. The fourth-order valence-corrected chi connectivity index (χ4v) is 4.61. The monoisotopic (exact) mass is 364 g/mol. The first-order valence-electron chi connectivity index (χ1n) is 8.27. The number of urea groups is 1. The Labute approximate surface area is 151 Å². The van der Waals surface area contributed by atoms with Gasteiger partial charge in [-0.2, -0.15) is 0 Å². The van der Waals surface area contributed by atoms with E-state index in [0.29, 0.717) is 19.0 Å². The van der Waals surface area contributed by atoms with Gasteiger partial charge in [-0.15, -0.1) is 11.3 Å². The van der Waals surface area contributed by atoms with Crippen LogP contribution in [0, 0.1) is 12.8 Å². The van der Waals surface area contributed by atoms with Crippen LogP contribution in [0.15, 0.2) is 22.8 Å². The number of carbonyl (C=O) groups excluding carboxylic acids is 1. The van der Waals surface area contributed by atoms with Gasteiger partial charge in [-0.1, -0.05) is 25.6 Å². The highest BCUT2D eigenvalue weighted by Gasteiger charge is 2.18. The topological polar surface area (TPSA) is 50.2 Å². The number of fused-ring (bicyclic) bond motifs is 1. The zero-order valence-electron chi connectivity index (χ0n) is 14.4. The molecule has 0 aliphatic carbocycles. The van der Waals surface area contributed by atoms with Crippen molar-refractivity contribution >= 4 is 29.1 Å². The van der Waals surface area contributed by atoms with Crippen molar-refractivity contribution in [3.63, 3.8) is 0 Å². The molecule has 1 aliphatic heterocycles. The largest absolute Gasteiger partial charge is 0.332 e. The lowest BCUT2D eigenvalue weighted by Gasteiger charge is -2.24. The van der Waals surface area contributed by atoms with Gasteiger partial charge in [0.1, 0.15) is 0 Å². The average molecular weight is 365 g/mol. The summed E-state index contributed by atoms with van der Waals surface area (Å²) in [5.41, 5.74) is 2.19. The van der Waals surface area contributed by atoms with Gasteiger partial charge in [0.15, 0.2) is 5.16 Å². The van der Waals surface area contributed by atoms with Crippen molar-refractivity contribution in [2.45, 2.75) is 45.6 Å². The van der Waals surface area contributed by atoms with Crippen LogP contribution in [-0.4, -0.2) is 32.8 Å². The van der Waals surface area contributed by atoms with Crippen molar-refractivity contribution in [1.82, 2.24) is 19.8 Å². The Morgan fingerprint density at radius 1 is 1.50 bits per heavy atom. The molecule has 3 heterocycles. The molecule has 3 rings (SSSR count). The number of aromatic nitrogens is 2. The van der Waals surface area contributed by atoms with Crippen LogP contribution in [0.4, 0.5) is 4.79 Å². The number of carbonyl (C=O) groups is 1. The number of hydrogen-bond acceptors (Lipinski definition) is 4. The van der Waals surface area contributed by atoms with E-state index in [4.69, 9.17) is 0 Å². The molecule has 2 amide bonds. The first-order valence-corrected chi connectivity index (χ1v) is 10.1. The SMILES string of the molecule is Cc1ccsc1CN(CC(C)C)C(=O)NCc1cn2c(n1)SCC2. The van der Waals surface area contributed by atoms with E-state index in [-0.39, 0.29) is 6.03 Å². The van der Waals surface area contributed by atoms with Gasteiger partial charge in [-0.3, -0.25) is 0 Å². The third kappa shape index (κ3) is 4.13. The summed E-state index contributed by atoms with van der Waals surface area (Å²) in [5, 5.41) is 6.18. The molecule has 1 N–H and O–H groups in total. The molecule has 7 heteroatoms. The summed E-state index contributed by atoms with van der Waals surface area (Å²) >= 11 is 3.48. The lowest BCUT2D eigenvalue weighted by molar-refractivity contribution is 0.187. The predicted octanol–water partition coefficient (Wildman–Crippen LogP) is 3.73. The molecule has 0 radical (unpaired) electrons. The smallest absolute Gasteiger partial charge is 0.318 e. The molecule has 2 aromatic rings. The Balaban J connectivity index is 1.60. The third-order valence-corrected chi connectivity index (χ3v) is 5.93. The van der Waals surface area contributed by atoms with E-state index in [1.165, 1.54) is 10.4 Å². The molecule has 0 unspecified atom stereocenters. The highest BCUT2D eigenvalue weighted by Crippen LogP contribution is 2.24. The number of thiophene rings is 1. The van der Waals surface area contributed by atoms with Crippen LogP contribution < -0.4 is 5.32 Å². The van der Waals surface area contributed by atoms with Gasteiger partial charge in [0.2, 0.25) is 0 Å². The molecule has 0 bridgehead atoms. The predicted molar refractivity (Wildman–Crippen MR) is 99.5 cm³/mol. The molecule has 24 heavy (non-hydrogen) atoms. The van der Waals surface area contributed by atoms with Crippen molar-refractivity contribution in [2.24, 2.45) is 5.92 Å². The number of thioether (sulfide) groups is 1. The van der Waals surface area contributed by atoms with E-state index < -0.39 is 0 Å². The second-order valence-corrected chi connectivity index (χ2v) is 8.58. The Morgan fingerprint density at radius 2 is 2.33 bits per heavy atom. The van der Waals surface area contributed by atoms with Gasteiger partial charge in [-0.05, 0) is 29.9 Å². The highest BCUT2D eigenvalue weighted by molar-refractivity contribution is 7.99. The number of amides is 2. The number of hydrogen-bond donors (Lipinski definition) is 1. The summed E-state index contributed by atoms with van der Waals surface area (Å²) in [6.45, 7) is 9.29. The molecule has 0 spiro atoms. The normalized spacial score (nSPS) is 13.3. The van der Waals surface area contributed by atoms with Crippen molar-refractivity contribution in [3.05, 3.63) is 33.8 Å². The van der Waals surface area contributed by atoms with Crippen LogP contribution in [0.2, 0.25) is 0 Å². The molecule has 0 atom stereocenters. The molecule has 0 aromatic carbocycles. The summed E-state index contributed by atoms with van der Waals surface area (Å²) in [7, 11) is 0. The summed E-state index contributed by atoms with van der Waals surface area (Å²) in [4.78, 5) is 20.4. The van der Waals surface area contributed by atoms with E-state index in [1.807, 2.05) is 11.1 Å². The second-order valence-electron chi connectivity index (χ2n) is 6.52. The molecule has 0 saturated carbocycles. The minimum Gasteiger partial charge on any atom is -0.332 e. The summed E-state index contributed by atoms with van der Waals surface area (Å²) in [6, 6.07) is 2.09. The van der Waals surface area contributed by atoms with Crippen LogP contribution in [0.5, 0.6) is 0 Å². The minimum atomic E-state index is -0.0164. The summed E-state index contributed by atoms with van der Waals surface area (Å²) < 4.78 is 2.16. The fourth-order valence-electron chi connectivity index (χ4n) is 2.72. The number of aryl methyl sites for hydroxylation is 2. The summed E-state index contributed by atoms with van der Waals surface area (Å²) in [6.07, 6.45) is 2.05. The second kappa shape index (κ2) is 7.61. The van der Waals surface area contributed by atoms with Crippen LogP contribution >= 0.6 is 23.1 Å². The molecular formula is C17H24N4OS2. The van der Waals surface area contributed by atoms with Crippen molar-refractivity contribution < 1.29 is 4.79 Å². The molecule has 130 valence electrons. The number of rotatable bonds is 6. The van der Waals surface area contributed by atoms with Crippen LogP contribution in [0.1, 0.15) is 30.0 Å². The zero-order valence-corrected chi connectivity index (χ0v) is 16.0. The number of imidazole rings is 1. The van der Waals surface area contributed by atoms with E-state index >= 15 is 0 Å². The van der Waals surface area contributed by atoms with Gasteiger partial charge < -0.3 is 14.8 Å². The summed E-state index contributed by atoms with van der Waals surface area (Å²) in [5.74, 6) is 1.53. The quantitative estimate of drug-likeness (QED) is 0.850. The maximum absolute atomic E-state index is 12.6. The Hall–Kier alpha value is -1.47. The maximum Gasteiger partial charge on any atom is 0.318 e. The van der Waals surface area contributed by atoms with Crippen LogP contribution in [0.25, 0.3) is 0 Å². The highest BCUT2D eigenvalue weighted by atomic mass is 32.2. The van der Waals surface area contributed by atoms with Crippen molar-refractivity contribution in [2.75, 3.05) is 12.3 Å². The van der Waals surface area contributed by atoms with Gasteiger partial charge in [0.25, 0.3) is 0 Å². The first-order chi connectivity index (χ1) is 11.5. The maximum atomic E-state index is 12.6. The Morgan fingerprint density at radius 3 is 3.00 bits per heavy atom. The molecule has 0 saturated heterocycles. The van der Waals surface area contributed by atoms with E-state index in [2.05, 4.69) is 47.1 Å². The van der Waals surface area contributed by atoms with E-state index in [0.717, 1.165) is 29.7 Å². The molecular weight excluding hydrogens is 340 g/mol. The van der Waals surface area contributed by atoms with Crippen LogP contribution in [-0.2, 0) is 19.6 Å². The van der Waals surface area contributed by atoms with Gasteiger partial charge in [-0.25, -0.2) is 9.78 Å². The van der Waals surface area contributed by atoms with Crippen molar-refractivity contribution in [3.8, 4) is 0 Å². The minimum absolute atomic E-state index is 0.0164. The third-order valence-electron chi connectivity index (χ3n) is 3.95. The van der Waals surface area contributed by atoms with Gasteiger partial charge in [0.05, 0.1) is 18.8 Å². The van der Waals surface area contributed by atoms with Gasteiger partial charge >= 0.3 is 6.03 Å². The molecule has 0 fully saturated rings. The van der Waals surface area contributed by atoms with E-state index in [1.54, 1.807) is 23.1 Å². The Kier molecular flexibility index (Phi) is 5.50. The standard InChI is InChI=1S/C17H24N4OS2/c1-12(2)9-21(11-15-13(3)4-6-23-15)16(22)18-8-14-10-20-5-7-24-17(20)19-14/h4,6,10,12H,5,7-9,11H2,1-3H3,(H,18,22). The fraction of sp³-hybridized carbons (Fsp3) is 0.529. The molecule has 1 aliphatic rings. The lowest BCUT2D eigenvalue weighted by Crippen LogP contribution is -2.41. The van der Waals surface area contributed by atoms with Gasteiger partial charge in [0, 0.05) is 29.9 Å². The number of nitrogens with zero attached hydrogens (tertiary/aromatic N) is 3. The Bertz CT molecular complexity index is 686. The number of nitrogens with one attached hydrogen (secondary N) is 1. The zero-order chi connectivity index (χ0) is 17.1. The van der Waals surface area contributed by atoms with Crippen LogP contribution in [0.3, 0.4) is 0 Å². The molecule has 5 nitrogen and oxygen atoms in total. The average Bonchev–Trinajstić information content (AvgIpc) is 3.20. The first kappa shape index (κ1) is 17.4.